The molecule has 2 aliphatic rings. The molecule has 0 spiro atoms. The predicted octanol–water partition coefficient (Wildman–Crippen LogP) is 4.36. The third-order valence-corrected chi connectivity index (χ3v) is 6.24. The van der Waals surface area contributed by atoms with Gasteiger partial charge in [0, 0.05) is 51.9 Å². The molecule has 0 aliphatic carbocycles. The Morgan fingerprint density at radius 2 is 1.54 bits per heavy atom. The van der Waals surface area contributed by atoms with Gasteiger partial charge in [0.05, 0.1) is 16.9 Å². The lowest BCUT2D eigenvalue weighted by Gasteiger charge is -2.35. The predicted molar refractivity (Wildman–Crippen MR) is 143 cm³/mol. The molecular weight excluding hydrogens is 485 g/mol. The van der Waals surface area contributed by atoms with E-state index in [0.29, 0.717) is 35.7 Å². The van der Waals surface area contributed by atoms with Crippen LogP contribution in [0.25, 0.3) is 0 Å². The van der Waals surface area contributed by atoms with Gasteiger partial charge in [-0.3, -0.25) is 19.4 Å². The number of rotatable bonds is 5. The Labute approximate surface area is 217 Å². The smallest absolute Gasteiger partial charge is 0.257 e. The van der Waals surface area contributed by atoms with E-state index in [2.05, 4.69) is 44.4 Å². The minimum absolute atomic E-state index is 0. The van der Waals surface area contributed by atoms with E-state index in [-0.39, 0.29) is 36.6 Å². The van der Waals surface area contributed by atoms with Crippen LogP contribution in [0.1, 0.15) is 22.3 Å². The summed E-state index contributed by atoms with van der Waals surface area (Å²) in [4.78, 5) is 37.0. The molecule has 2 aromatic carbocycles. The van der Waals surface area contributed by atoms with Gasteiger partial charge in [-0.25, -0.2) is 4.98 Å². The molecule has 2 amide bonds. The van der Waals surface area contributed by atoms with Crippen molar-refractivity contribution in [3.8, 4) is 0 Å². The Morgan fingerprint density at radius 3 is 2.31 bits per heavy atom. The van der Waals surface area contributed by atoms with Crippen molar-refractivity contribution in [1.82, 2.24) is 14.8 Å². The number of nitrogens with one attached hydrogen (secondary N) is 1. The minimum Gasteiger partial charge on any atom is -0.319 e. The average molecular weight is 514 g/mol. The fourth-order valence-corrected chi connectivity index (χ4v) is 4.47. The van der Waals surface area contributed by atoms with Gasteiger partial charge in [-0.15, -0.1) is 24.8 Å². The van der Waals surface area contributed by atoms with Gasteiger partial charge in [-0.05, 0) is 29.8 Å². The number of halogens is 2. The molecular formula is C26H29Cl2N5O2. The van der Waals surface area contributed by atoms with E-state index in [1.54, 1.807) is 41.4 Å². The maximum atomic E-state index is 13.4. The van der Waals surface area contributed by atoms with Crippen LogP contribution in [0.3, 0.4) is 0 Å². The Bertz CT molecular complexity index is 1150. The number of carbonyl (C=O) groups excluding carboxylic acids is 2. The quantitative estimate of drug-likeness (QED) is 0.548. The van der Waals surface area contributed by atoms with Gasteiger partial charge in [0.1, 0.15) is 0 Å². The van der Waals surface area contributed by atoms with E-state index in [1.165, 1.54) is 5.56 Å². The summed E-state index contributed by atoms with van der Waals surface area (Å²) in [5.41, 5.74) is 2.92. The molecule has 0 bridgehead atoms. The molecule has 3 heterocycles. The Balaban J connectivity index is 0.00000171. The van der Waals surface area contributed by atoms with Crippen molar-refractivity contribution in [3.63, 3.8) is 0 Å². The summed E-state index contributed by atoms with van der Waals surface area (Å²) >= 11 is 0. The van der Waals surface area contributed by atoms with Crippen molar-refractivity contribution in [2.24, 2.45) is 0 Å². The zero-order chi connectivity index (χ0) is 22.6. The van der Waals surface area contributed by atoms with Gasteiger partial charge >= 0.3 is 0 Å². The summed E-state index contributed by atoms with van der Waals surface area (Å²) in [5, 5.41) is 2.88. The maximum Gasteiger partial charge on any atom is 0.257 e. The number of amides is 2. The topological polar surface area (TPSA) is 68.8 Å². The Hall–Kier alpha value is -2.97. The number of fused-ring (bicyclic) bond motifs is 2. The van der Waals surface area contributed by atoms with Crippen LogP contribution in [-0.4, -0.2) is 59.3 Å². The Kier molecular flexibility index (Phi) is 9.23. The van der Waals surface area contributed by atoms with E-state index in [1.807, 2.05) is 12.1 Å². The number of nitrogens with zero attached hydrogens (tertiary/aromatic N) is 4. The summed E-state index contributed by atoms with van der Waals surface area (Å²) < 4.78 is 0. The number of hydrogen-bond acceptors (Lipinski definition) is 5. The third kappa shape index (κ3) is 6.00. The fourth-order valence-electron chi connectivity index (χ4n) is 4.47. The molecule has 5 rings (SSSR count). The highest BCUT2D eigenvalue weighted by atomic mass is 35.5. The van der Waals surface area contributed by atoms with Crippen LogP contribution < -0.4 is 10.2 Å². The first kappa shape index (κ1) is 26.6. The molecule has 9 heteroatoms. The summed E-state index contributed by atoms with van der Waals surface area (Å²) in [6.45, 7) is 5.48. The SMILES string of the molecule is Cl.Cl.O=C1Nc2cccnc2N(C(=O)CCN2CCN(Cc3ccccc3)CC2)c2ccccc21. The zero-order valence-corrected chi connectivity index (χ0v) is 20.9. The number of aromatic nitrogens is 1. The van der Waals surface area contributed by atoms with Crippen LogP contribution in [0.4, 0.5) is 17.2 Å². The van der Waals surface area contributed by atoms with Gasteiger partial charge in [0.15, 0.2) is 5.82 Å². The summed E-state index contributed by atoms with van der Waals surface area (Å²) in [6, 6.07) is 21.2. The van der Waals surface area contributed by atoms with Crippen LogP contribution in [0.2, 0.25) is 0 Å². The number of piperazine rings is 1. The highest BCUT2D eigenvalue weighted by molar-refractivity contribution is 6.17. The molecule has 1 saturated heterocycles. The highest BCUT2D eigenvalue weighted by Crippen LogP contribution is 2.36. The first-order chi connectivity index (χ1) is 16.2. The van der Waals surface area contributed by atoms with Crippen LogP contribution in [-0.2, 0) is 11.3 Å². The molecule has 0 saturated carbocycles. The molecule has 2 aliphatic heterocycles. The normalized spacial score (nSPS) is 15.5. The summed E-state index contributed by atoms with van der Waals surface area (Å²) in [6.07, 6.45) is 2.00. The van der Waals surface area contributed by atoms with Gasteiger partial charge in [0.25, 0.3) is 5.91 Å². The standard InChI is InChI=1S/C26H27N5O2.2ClH/c32-24(12-14-29-15-17-30(18-16-29)19-20-7-2-1-3-8-20)31-23-11-5-4-9-21(23)26(33)28-22-10-6-13-27-25(22)31;;/h1-11,13H,12,14-19H2,(H,28,33);2*1H. The minimum atomic E-state index is -0.232. The van der Waals surface area contributed by atoms with E-state index in [0.717, 1.165) is 32.7 Å². The molecule has 0 atom stereocenters. The van der Waals surface area contributed by atoms with E-state index in [4.69, 9.17) is 0 Å². The van der Waals surface area contributed by atoms with Gasteiger partial charge < -0.3 is 10.2 Å². The molecule has 7 nitrogen and oxygen atoms in total. The van der Waals surface area contributed by atoms with Crippen molar-refractivity contribution < 1.29 is 9.59 Å². The molecule has 1 fully saturated rings. The first-order valence-electron chi connectivity index (χ1n) is 11.4. The summed E-state index contributed by atoms with van der Waals surface area (Å²) in [5.74, 6) is 0.170. The Morgan fingerprint density at radius 1 is 0.857 bits per heavy atom. The van der Waals surface area contributed by atoms with Crippen LogP contribution in [0.5, 0.6) is 0 Å². The van der Waals surface area contributed by atoms with Gasteiger partial charge in [-0.1, -0.05) is 42.5 Å². The van der Waals surface area contributed by atoms with E-state index >= 15 is 0 Å². The van der Waals surface area contributed by atoms with Crippen molar-refractivity contribution in [3.05, 3.63) is 84.1 Å². The molecule has 35 heavy (non-hydrogen) atoms. The molecule has 3 aromatic rings. The molecule has 1 aromatic heterocycles. The van der Waals surface area contributed by atoms with Crippen LogP contribution >= 0.6 is 24.8 Å². The second-order valence-electron chi connectivity index (χ2n) is 8.43. The maximum absolute atomic E-state index is 13.4. The monoisotopic (exact) mass is 513 g/mol. The lowest BCUT2D eigenvalue weighted by atomic mass is 10.1. The van der Waals surface area contributed by atoms with E-state index in [9.17, 15) is 9.59 Å². The fraction of sp³-hybridized carbons (Fsp3) is 0.269. The van der Waals surface area contributed by atoms with Gasteiger partial charge in [-0.2, -0.15) is 0 Å². The number of para-hydroxylation sites is 1. The van der Waals surface area contributed by atoms with Crippen LogP contribution in [0, 0.1) is 0 Å². The van der Waals surface area contributed by atoms with Crippen molar-refractivity contribution >= 4 is 53.8 Å². The number of pyridine rings is 1. The summed E-state index contributed by atoms with van der Waals surface area (Å²) in [7, 11) is 0. The van der Waals surface area contributed by atoms with Crippen molar-refractivity contribution in [1.29, 1.82) is 0 Å². The van der Waals surface area contributed by atoms with E-state index < -0.39 is 0 Å². The number of benzene rings is 2. The highest BCUT2D eigenvalue weighted by Gasteiger charge is 2.30. The molecule has 0 radical (unpaired) electrons. The largest absolute Gasteiger partial charge is 0.319 e. The van der Waals surface area contributed by atoms with Crippen LogP contribution in [0.15, 0.2) is 72.9 Å². The second kappa shape index (κ2) is 12.1. The van der Waals surface area contributed by atoms with Gasteiger partial charge in [0.2, 0.25) is 5.91 Å². The molecule has 184 valence electrons. The number of anilines is 3. The number of carbonyl (C=O) groups is 2. The number of hydrogen-bond donors (Lipinski definition) is 1. The lowest BCUT2D eigenvalue weighted by Crippen LogP contribution is -2.46. The lowest BCUT2D eigenvalue weighted by molar-refractivity contribution is -0.118. The molecule has 0 unspecified atom stereocenters. The first-order valence-corrected chi connectivity index (χ1v) is 11.4. The van der Waals surface area contributed by atoms with Crippen molar-refractivity contribution in [2.45, 2.75) is 13.0 Å². The molecule has 1 N–H and O–H groups in total. The zero-order valence-electron chi connectivity index (χ0n) is 19.3. The average Bonchev–Trinajstić information content (AvgIpc) is 2.98. The third-order valence-electron chi connectivity index (χ3n) is 6.24. The van der Waals surface area contributed by atoms with Crippen molar-refractivity contribution in [2.75, 3.05) is 42.9 Å². The second-order valence-corrected chi connectivity index (χ2v) is 8.43.